The van der Waals surface area contributed by atoms with Crippen LogP contribution in [0.15, 0.2) is 28.7 Å². The summed E-state index contributed by atoms with van der Waals surface area (Å²) in [4.78, 5) is 29.1. The lowest BCUT2D eigenvalue weighted by Crippen LogP contribution is -2.36. The topological polar surface area (TPSA) is 92.9 Å². The number of anilines is 2. The highest BCUT2D eigenvalue weighted by Gasteiger charge is 2.39. The second-order valence-corrected chi connectivity index (χ2v) is 5.30. The molecular weight excluding hydrogens is 300 g/mol. The lowest BCUT2D eigenvalue weighted by Gasteiger charge is -2.23. The summed E-state index contributed by atoms with van der Waals surface area (Å²) in [5.74, 6) is -0.785. The van der Waals surface area contributed by atoms with E-state index in [0.717, 1.165) is 11.3 Å². The third-order valence-corrected chi connectivity index (χ3v) is 3.77. The van der Waals surface area contributed by atoms with Crippen molar-refractivity contribution in [1.29, 1.82) is 0 Å². The van der Waals surface area contributed by atoms with E-state index in [0.29, 0.717) is 18.0 Å². The van der Waals surface area contributed by atoms with E-state index < -0.39 is 18.0 Å². The molecule has 7 nitrogen and oxygen atoms in total. The number of methoxy groups -OCH3 is 1. The number of fused-ring (bicyclic) bond motifs is 1. The van der Waals surface area contributed by atoms with Gasteiger partial charge >= 0.3 is 11.9 Å². The van der Waals surface area contributed by atoms with Crippen molar-refractivity contribution in [3.63, 3.8) is 0 Å². The van der Waals surface area contributed by atoms with Crippen molar-refractivity contribution >= 4 is 23.5 Å². The number of ether oxygens (including phenoxy) is 1. The van der Waals surface area contributed by atoms with Gasteiger partial charge in [-0.2, -0.15) is 0 Å². The highest BCUT2D eigenvalue weighted by atomic mass is 16.5. The number of benzene rings is 1. The summed E-state index contributed by atoms with van der Waals surface area (Å²) in [7, 11) is 1.33. The van der Waals surface area contributed by atoms with E-state index in [-0.39, 0.29) is 12.3 Å². The Hall–Kier alpha value is -2.83. The smallest absolute Gasteiger partial charge is 0.329 e. The standard InChI is InChI=1S/C16H16N2O5/c1-9-17-11(8-14(19)20)15(23-9)18-12-6-4-3-5-10(12)7-13(18)16(21)22-2/h3-6,13H,7-8H2,1-2H3,(H,19,20)/t13-/m0/s1. The Balaban J connectivity index is 2.11. The van der Waals surface area contributed by atoms with Crippen LogP contribution in [-0.4, -0.2) is 35.2 Å². The van der Waals surface area contributed by atoms with Crippen molar-refractivity contribution in [3.05, 3.63) is 41.4 Å². The van der Waals surface area contributed by atoms with Gasteiger partial charge in [-0.3, -0.25) is 9.69 Å². The molecule has 0 fully saturated rings. The number of aryl methyl sites for hydroxylation is 1. The number of nitrogens with zero attached hydrogens (tertiary/aromatic N) is 2. The lowest BCUT2D eigenvalue weighted by molar-refractivity contribution is -0.142. The van der Waals surface area contributed by atoms with Gasteiger partial charge in [-0.05, 0) is 11.6 Å². The number of hydrogen-bond acceptors (Lipinski definition) is 6. The van der Waals surface area contributed by atoms with Gasteiger partial charge in [0, 0.05) is 19.0 Å². The molecule has 0 saturated carbocycles. The van der Waals surface area contributed by atoms with Gasteiger partial charge in [0.1, 0.15) is 11.7 Å². The van der Waals surface area contributed by atoms with Crippen LogP contribution >= 0.6 is 0 Å². The lowest BCUT2D eigenvalue weighted by atomic mass is 10.1. The molecule has 120 valence electrons. The van der Waals surface area contributed by atoms with Gasteiger partial charge in [0.25, 0.3) is 0 Å². The second-order valence-electron chi connectivity index (χ2n) is 5.30. The minimum absolute atomic E-state index is 0.279. The van der Waals surface area contributed by atoms with Crippen molar-refractivity contribution in [2.45, 2.75) is 25.8 Å². The normalized spacial score (nSPS) is 16.3. The predicted molar refractivity (Wildman–Crippen MR) is 80.7 cm³/mol. The van der Waals surface area contributed by atoms with Crippen molar-refractivity contribution < 1.29 is 23.8 Å². The van der Waals surface area contributed by atoms with E-state index in [1.807, 2.05) is 24.3 Å². The molecule has 0 unspecified atom stereocenters. The summed E-state index contributed by atoms with van der Waals surface area (Å²) in [6.07, 6.45) is 0.189. The minimum atomic E-state index is -1.01. The highest BCUT2D eigenvalue weighted by molar-refractivity contribution is 5.88. The van der Waals surface area contributed by atoms with Crippen molar-refractivity contribution in [2.75, 3.05) is 12.0 Å². The number of rotatable bonds is 4. The Labute approximate surface area is 132 Å². The third kappa shape index (κ3) is 2.65. The number of aliphatic carboxylic acids is 1. The van der Waals surface area contributed by atoms with Crippen LogP contribution in [0, 0.1) is 6.92 Å². The summed E-state index contributed by atoms with van der Waals surface area (Å²) >= 11 is 0. The van der Waals surface area contributed by atoms with E-state index >= 15 is 0 Å². The maximum absolute atomic E-state index is 12.2. The fraction of sp³-hybridized carbons (Fsp3) is 0.312. The van der Waals surface area contributed by atoms with Gasteiger partial charge in [0.05, 0.1) is 13.5 Å². The number of carbonyl (C=O) groups is 2. The van der Waals surface area contributed by atoms with Crippen molar-refractivity contribution in [2.24, 2.45) is 0 Å². The number of para-hydroxylation sites is 1. The van der Waals surface area contributed by atoms with Crippen LogP contribution in [0.1, 0.15) is 17.1 Å². The first-order valence-electron chi connectivity index (χ1n) is 7.14. The Bertz CT molecular complexity index is 768. The molecule has 1 aromatic carbocycles. The monoisotopic (exact) mass is 316 g/mol. The maximum atomic E-state index is 12.2. The van der Waals surface area contributed by atoms with Crippen LogP contribution < -0.4 is 4.90 Å². The quantitative estimate of drug-likeness (QED) is 0.860. The SMILES string of the molecule is COC(=O)[C@@H]1Cc2ccccc2N1c1oc(C)nc1CC(=O)O. The van der Waals surface area contributed by atoms with Crippen molar-refractivity contribution in [3.8, 4) is 0 Å². The molecule has 23 heavy (non-hydrogen) atoms. The summed E-state index contributed by atoms with van der Waals surface area (Å²) < 4.78 is 10.5. The third-order valence-electron chi connectivity index (χ3n) is 3.77. The number of carbonyl (C=O) groups excluding carboxylic acids is 1. The summed E-state index contributed by atoms with van der Waals surface area (Å²) in [5, 5.41) is 9.07. The van der Waals surface area contributed by atoms with Gasteiger partial charge in [-0.1, -0.05) is 18.2 Å². The molecule has 1 aromatic heterocycles. The van der Waals surface area contributed by atoms with E-state index in [1.165, 1.54) is 7.11 Å². The first-order valence-corrected chi connectivity index (χ1v) is 7.14. The maximum Gasteiger partial charge on any atom is 0.329 e. The van der Waals surface area contributed by atoms with E-state index in [1.54, 1.807) is 11.8 Å². The number of esters is 1. The molecule has 1 aliphatic heterocycles. The first kappa shape index (κ1) is 15.1. The van der Waals surface area contributed by atoms with Gasteiger partial charge in [0.2, 0.25) is 5.88 Å². The fourth-order valence-corrected chi connectivity index (χ4v) is 2.87. The molecule has 0 aliphatic carbocycles. The van der Waals surface area contributed by atoms with Crippen LogP contribution in [0.2, 0.25) is 0 Å². The average molecular weight is 316 g/mol. The molecule has 1 N–H and O–H groups in total. The fourth-order valence-electron chi connectivity index (χ4n) is 2.87. The van der Waals surface area contributed by atoms with E-state index in [2.05, 4.69) is 4.98 Å². The van der Waals surface area contributed by atoms with Crippen LogP contribution in [0.4, 0.5) is 11.6 Å². The second kappa shape index (κ2) is 5.75. The van der Waals surface area contributed by atoms with E-state index in [9.17, 15) is 9.59 Å². The predicted octanol–water partition coefficient (Wildman–Crippen LogP) is 1.85. The van der Waals surface area contributed by atoms with Gasteiger partial charge in [-0.15, -0.1) is 0 Å². The molecule has 0 saturated heterocycles. The Morgan fingerprint density at radius 2 is 2.17 bits per heavy atom. The summed E-state index contributed by atoms with van der Waals surface area (Å²) in [6, 6.07) is 6.93. The molecule has 1 atom stereocenters. The zero-order valence-electron chi connectivity index (χ0n) is 12.8. The summed E-state index contributed by atoms with van der Waals surface area (Å²) in [5.41, 5.74) is 2.06. The Morgan fingerprint density at radius 3 is 2.87 bits per heavy atom. The molecule has 7 heteroatoms. The van der Waals surface area contributed by atoms with Gasteiger partial charge in [-0.25, -0.2) is 9.78 Å². The van der Waals surface area contributed by atoms with Crippen LogP contribution in [0.3, 0.4) is 0 Å². The van der Waals surface area contributed by atoms with Gasteiger partial charge < -0.3 is 14.3 Å². The van der Waals surface area contributed by atoms with E-state index in [4.69, 9.17) is 14.3 Å². The summed E-state index contributed by atoms with van der Waals surface area (Å²) in [6.45, 7) is 1.64. The number of oxazole rings is 1. The molecule has 2 aromatic rings. The molecule has 0 spiro atoms. The molecule has 1 aliphatic rings. The number of carboxylic acids is 1. The largest absolute Gasteiger partial charge is 0.481 e. The Morgan fingerprint density at radius 1 is 1.43 bits per heavy atom. The zero-order chi connectivity index (χ0) is 16.6. The molecule has 0 amide bonds. The molecule has 2 heterocycles. The first-order chi connectivity index (χ1) is 11.0. The van der Waals surface area contributed by atoms with Crippen LogP contribution in [0.5, 0.6) is 0 Å². The average Bonchev–Trinajstić information content (AvgIpc) is 3.06. The van der Waals surface area contributed by atoms with Gasteiger partial charge in [0.15, 0.2) is 5.89 Å². The van der Waals surface area contributed by atoms with Crippen LogP contribution in [0.25, 0.3) is 0 Å². The number of aromatic nitrogens is 1. The molecule has 0 bridgehead atoms. The van der Waals surface area contributed by atoms with Crippen molar-refractivity contribution in [1.82, 2.24) is 4.98 Å². The molecule has 3 rings (SSSR count). The molecule has 0 radical (unpaired) electrons. The van der Waals surface area contributed by atoms with Crippen LogP contribution in [-0.2, 0) is 27.2 Å². The number of carboxylic acid groups (broad SMARTS) is 1. The molecular formula is C16H16N2O5. The number of hydrogen-bond donors (Lipinski definition) is 1. The Kier molecular flexibility index (Phi) is 3.77. The minimum Gasteiger partial charge on any atom is -0.481 e. The zero-order valence-corrected chi connectivity index (χ0v) is 12.8. The highest BCUT2D eigenvalue weighted by Crippen LogP contribution is 2.40.